The van der Waals surface area contributed by atoms with E-state index in [-0.39, 0.29) is 17.6 Å². The van der Waals surface area contributed by atoms with Crippen LogP contribution in [-0.4, -0.2) is 29.4 Å². The minimum atomic E-state index is -0.681. The Balaban J connectivity index is 2.20. The van der Waals surface area contributed by atoms with Gasteiger partial charge in [0, 0.05) is 6.04 Å². The van der Waals surface area contributed by atoms with Crippen LogP contribution in [0.3, 0.4) is 0 Å². The average molecular weight is 201 g/mol. The van der Waals surface area contributed by atoms with Gasteiger partial charge in [-0.3, -0.25) is 9.59 Å². The van der Waals surface area contributed by atoms with Crippen molar-refractivity contribution >= 4 is 29.0 Å². The SMILES string of the molecule is NC(=S)CNC(=O)C(=O)NC1CC1. The van der Waals surface area contributed by atoms with Crippen LogP contribution in [0.25, 0.3) is 0 Å². The van der Waals surface area contributed by atoms with E-state index in [1.165, 1.54) is 0 Å². The maximum atomic E-state index is 11.0. The molecule has 4 N–H and O–H groups in total. The molecule has 1 fully saturated rings. The number of carbonyl (C=O) groups is 2. The van der Waals surface area contributed by atoms with E-state index >= 15 is 0 Å². The van der Waals surface area contributed by atoms with E-state index in [1.54, 1.807) is 0 Å². The van der Waals surface area contributed by atoms with Crippen LogP contribution in [-0.2, 0) is 9.59 Å². The third-order valence-corrected chi connectivity index (χ3v) is 1.69. The molecule has 6 heteroatoms. The minimum absolute atomic E-state index is 0.0618. The summed E-state index contributed by atoms with van der Waals surface area (Å²) in [6, 6.07) is 0.183. The van der Waals surface area contributed by atoms with Gasteiger partial charge in [0.15, 0.2) is 0 Å². The molecule has 0 bridgehead atoms. The van der Waals surface area contributed by atoms with Gasteiger partial charge in [-0.05, 0) is 12.8 Å². The predicted octanol–water partition coefficient (Wildman–Crippen LogP) is -1.33. The van der Waals surface area contributed by atoms with Crippen LogP contribution in [0.4, 0.5) is 0 Å². The number of amides is 2. The van der Waals surface area contributed by atoms with E-state index in [9.17, 15) is 9.59 Å². The van der Waals surface area contributed by atoms with Crippen molar-refractivity contribution in [2.75, 3.05) is 6.54 Å². The summed E-state index contributed by atoms with van der Waals surface area (Å²) < 4.78 is 0. The number of rotatable bonds is 3. The Morgan fingerprint density at radius 2 is 2.00 bits per heavy atom. The van der Waals surface area contributed by atoms with Crippen molar-refractivity contribution < 1.29 is 9.59 Å². The van der Waals surface area contributed by atoms with Crippen molar-refractivity contribution in [1.29, 1.82) is 0 Å². The average Bonchev–Trinajstić information content (AvgIpc) is 2.83. The third-order valence-electron chi connectivity index (χ3n) is 1.54. The minimum Gasteiger partial charge on any atom is -0.392 e. The van der Waals surface area contributed by atoms with E-state index in [0.29, 0.717) is 0 Å². The third kappa shape index (κ3) is 3.84. The van der Waals surface area contributed by atoms with Crippen LogP contribution >= 0.6 is 12.2 Å². The molecule has 0 aromatic rings. The second kappa shape index (κ2) is 4.18. The lowest BCUT2D eigenvalue weighted by Crippen LogP contribution is -2.43. The second-order valence-corrected chi connectivity index (χ2v) is 3.42. The molecule has 1 aliphatic carbocycles. The molecular weight excluding hydrogens is 190 g/mol. The zero-order chi connectivity index (χ0) is 9.84. The maximum Gasteiger partial charge on any atom is 0.309 e. The molecule has 0 radical (unpaired) electrons. The van der Waals surface area contributed by atoms with E-state index in [1.807, 2.05) is 0 Å². The molecule has 5 nitrogen and oxygen atoms in total. The van der Waals surface area contributed by atoms with Gasteiger partial charge in [0.2, 0.25) is 0 Å². The van der Waals surface area contributed by atoms with Crippen LogP contribution in [0.2, 0.25) is 0 Å². The summed E-state index contributed by atoms with van der Waals surface area (Å²) in [5.41, 5.74) is 5.14. The van der Waals surface area contributed by atoms with Crippen LogP contribution in [0.15, 0.2) is 0 Å². The summed E-state index contributed by atoms with van der Waals surface area (Å²) in [5.74, 6) is -1.29. The highest BCUT2D eigenvalue weighted by Gasteiger charge is 2.26. The molecule has 0 aliphatic heterocycles. The van der Waals surface area contributed by atoms with Gasteiger partial charge in [0.25, 0.3) is 0 Å². The van der Waals surface area contributed by atoms with Crippen LogP contribution < -0.4 is 16.4 Å². The predicted molar refractivity (Wildman–Crippen MR) is 51.0 cm³/mol. The lowest BCUT2D eigenvalue weighted by atomic mass is 10.5. The summed E-state index contributed by atoms with van der Waals surface area (Å²) >= 11 is 4.53. The first-order chi connectivity index (χ1) is 6.09. The Kier molecular flexibility index (Phi) is 3.18. The summed E-state index contributed by atoms with van der Waals surface area (Å²) in [6.07, 6.45) is 1.91. The fourth-order valence-electron chi connectivity index (χ4n) is 0.726. The molecule has 0 heterocycles. The van der Waals surface area contributed by atoms with Crippen LogP contribution in [0.5, 0.6) is 0 Å². The van der Waals surface area contributed by atoms with Crippen LogP contribution in [0.1, 0.15) is 12.8 Å². The molecule has 1 aliphatic rings. The molecule has 0 aromatic carbocycles. The largest absolute Gasteiger partial charge is 0.392 e. The number of hydrogen-bond acceptors (Lipinski definition) is 3. The first kappa shape index (κ1) is 9.91. The van der Waals surface area contributed by atoms with Crippen molar-refractivity contribution in [3.63, 3.8) is 0 Å². The van der Waals surface area contributed by atoms with Crippen molar-refractivity contribution in [3.8, 4) is 0 Å². The number of nitrogens with two attached hydrogens (primary N) is 1. The lowest BCUT2D eigenvalue weighted by molar-refractivity contribution is -0.139. The Morgan fingerprint density at radius 1 is 1.38 bits per heavy atom. The zero-order valence-electron chi connectivity index (χ0n) is 7.00. The maximum absolute atomic E-state index is 11.0. The highest BCUT2D eigenvalue weighted by molar-refractivity contribution is 7.80. The number of hydrogen-bond donors (Lipinski definition) is 3. The summed E-state index contributed by atoms with van der Waals surface area (Å²) in [7, 11) is 0. The molecule has 0 spiro atoms. The lowest BCUT2D eigenvalue weighted by Gasteiger charge is -2.03. The monoisotopic (exact) mass is 201 g/mol. The highest BCUT2D eigenvalue weighted by atomic mass is 32.1. The smallest absolute Gasteiger partial charge is 0.309 e. The molecule has 72 valence electrons. The summed E-state index contributed by atoms with van der Waals surface area (Å²) in [5, 5.41) is 4.84. The van der Waals surface area contributed by atoms with Gasteiger partial charge in [-0.25, -0.2) is 0 Å². The Morgan fingerprint density at radius 3 is 2.46 bits per heavy atom. The van der Waals surface area contributed by atoms with E-state index in [0.717, 1.165) is 12.8 Å². The Labute approximate surface area is 81.0 Å². The molecule has 13 heavy (non-hydrogen) atoms. The van der Waals surface area contributed by atoms with Gasteiger partial charge in [-0.1, -0.05) is 12.2 Å². The molecule has 1 rings (SSSR count). The number of thiocarbonyl (C=S) groups is 1. The Hall–Kier alpha value is -1.17. The number of nitrogens with one attached hydrogen (secondary N) is 2. The van der Waals surface area contributed by atoms with Crippen molar-refractivity contribution in [1.82, 2.24) is 10.6 Å². The zero-order valence-corrected chi connectivity index (χ0v) is 7.82. The van der Waals surface area contributed by atoms with Crippen molar-refractivity contribution in [3.05, 3.63) is 0 Å². The molecule has 1 saturated carbocycles. The molecular formula is C7H11N3O2S. The van der Waals surface area contributed by atoms with Gasteiger partial charge >= 0.3 is 11.8 Å². The molecule has 0 aromatic heterocycles. The number of carbonyl (C=O) groups excluding carboxylic acids is 2. The van der Waals surface area contributed by atoms with Gasteiger partial charge in [-0.15, -0.1) is 0 Å². The second-order valence-electron chi connectivity index (χ2n) is 2.90. The van der Waals surface area contributed by atoms with E-state index in [4.69, 9.17) is 5.73 Å². The molecule has 0 unspecified atom stereocenters. The molecule has 2 amide bonds. The van der Waals surface area contributed by atoms with Gasteiger partial charge in [0.1, 0.15) is 0 Å². The van der Waals surface area contributed by atoms with Crippen LogP contribution in [0, 0.1) is 0 Å². The summed E-state index contributed by atoms with van der Waals surface area (Å²) in [4.78, 5) is 22.1. The molecule has 0 saturated heterocycles. The van der Waals surface area contributed by atoms with E-state index in [2.05, 4.69) is 22.9 Å². The van der Waals surface area contributed by atoms with Crippen molar-refractivity contribution in [2.45, 2.75) is 18.9 Å². The van der Waals surface area contributed by atoms with E-state index < -0.39 is 11.8 Å². The topological polar surface area (TPSA) is 84.2 Å². The van der Waals surface area contributed by atoms with Gasteiger partial charge < -0.3 is 16.4 Å². The fraction of sp³-hybridized carbons (Fsp3) is 0.571. The van der Waals surface area contributed by atoms with Gasteiger partial charge in [0.05, 0.1) is 11.5 Å². The standard InChI is InChI=1S/C7H11N3O2S/c8-5(13)3-9-6(11)7(12)10-4-1-2-4/h4H,1-3H2,(H2,8,13)(H,9,11)(H,10,12). The first-order valence-electron chi connectivity index (χ1n) is 3.96. The van der Waals surface area contributed by atoms with Crippen molar-refractivity contribution in [2.24, 2.45) is 5.73 Å². The first-order valence-corrected chi connectivity index (χ1v) is 4.37. The van der Waals surface area contributed by atoms with Gasteiger partial charge in [-0.2, -0.15) is 0 Å². The normalized spacial score (nSPS) is 14.8. The molecule has 0 atom stereocenters. The summed E-state index contributed by atoms with van der Waals surface area (Å²) in [6.45, 7) is 0.0618. The Bertz CT molecular complexity index is 250. The quantitative estimate of drug-likeness (QED) is 0.390. The fourth-order valence-corrected chi connectivity index (χ4v) is 0.798. The highest BCUT2D eigenvalue weighted by Crippen LogP contribution is 2.18.